The molecule has 4 rings (SSSR count). The van der Waals surface area contributed by atoms with Crippen LogP contribution in [0.4, 0.5) is 13.2 Å². The average molecular weight is 392 g/mol. The van der Waals surface area contributed by atoms with Gasteiger partial charge in [0.2, 0.25) is 0 Å². The first kappa shape index (κ1) is 18.7. The second kappa shape index (κ2) is 7.06. The summed E-state index contributed by atoms with van der Waals surface area (Å²) < 4.78 is 42.6. The maximum absolute atomic E-state index is 12.4. The van der Waals surface area contributed by atoms with Crippen molar-refractivity contribution in [3.63, 3.8) is 0 Å². The zero-order valence-corrected chi connectivity index (χ0v) is 15.1. The number of β-amino-alcohol motifs (C(OH)–C–C–N with tert-alkyl or cyclic N) is 1. The maximum Gasteiger partial charge on any atom is 0.573 e. The van der Waals surface area contributed by atoms with Crippen molar-refractivity contribution in [3.05, 3.63) is 47.8 Å². The summed E-state index contributed by atoms with van der Waals surface area (Å²) >= 11 is 0. The number of aliphatic hydroxyl groups is 1. The van der Waals surface area contributed by atoms with Gasteiger partial charge in [0.25, 0.3) is 0 Å². The molecule has 1 aliphatic rings. The van der Waals surface area contributed by atoms with Crippen LogP contribution in [0.1, 0.15) is 18.2 Å². The first-order chi connectivity index (χ1) is 13.3. The van der Waals surface area contributed by atoms with E-state index in [-0.39, 0.29) is 11.9 Å². The van der Waals surface area contributed by atoms with Crippen LogP contribution in [0.5, 0.6) is 5.75 Å². The lowest BCUT2D eigenvalue weighted by Crippen LogP contribution is -2.49. The number of nitrogens with zero attached hydrogens (tertiary/aromatic N) is 4. The fourth-order valence-corrected chi connectivity index (χ4v) is 3.44. The van der Waals surface area contributed by atoms with E-state index >= 15 is 0 Å². The lowest BCUT2D eigenvalue weighted by Gasteiger charge is -2.35. The lowest BCUT2D eigenvalue weighted by atomic mass is 10.1. The number of aromatic nitrogens is 3. The minimum absolute atomic E-state index is 0.275. The van der Waals surface area contributed by atoms with Crippen molar-refractivity contribution in [2.24, 2.45) is 0 Å². The van der Waals surface area contributed by atoms with Gasteiger partial charge in [-0.1, -0.05) is 6.92 Å². The molecule has 3 heterocycles. The summed E-state index contributed by atoms with van der Waals surface area (Å²) in [5, 5.41) is 15.1. The van der Waals surface area contributed by atoms with Crippen molar-refractivity contribution in [1.82, 2.24) is 19.7 Å². The molecule has 3 aromatic rings. The Morgan fingerprint density at radius 1 is 1.18 bits per heavy atom. The molecule has 0 atom stereocenters. The molecule has 0 saturated carbocycles. The second-order valence-corrected chi connectivity index (χ2v) is 6.77. The van der Waals surface area contributed by atoms with E-state index in [1.54, 1.807) is 10.9 Å². The number of aliphatic hydroxyl groups excluding tert-OH is 1. The van der Waals surface area contributed by atoms with Crippen molar-refractivity contribution in [2.45, 2.75) is 32.4 Å². The number of benzene rings is 1. The molecule has 148 valence electrons. The molecule has 1 aliphatic heterocycles. The molecule has 28 heavy (non-hydrogen) atoms. The summed E-state index contributed by atoms with van der Waals surface area (Å²) in [5.74, 6) is -0.284. The molecule has 1 saturated heterocycles. The molecule has 0 unspecified atom stereocenters. The van der Waals surface area contributed by atoms with Crippen LogP contribution < -0.4 is 4.74 Å². The van der Waals surface area contributed by atoms with Crippen molar-refractivity contribution < 1.29 is 23.0 Å². The van der Waals surface area contributed by atoms with Gasteiger partial charge in [-0.2, -0.15) is 5.10 Å². The summed E-state index contributed by atoms with van der Waals surface area (Å²) in [6.45, 7) is 3.96. The number of fused-ring (bicyclic) bond motifs is 1. The largest absolute Gasteiger partial charge is 0.573 e. The standard InChI is InChI=1S/C19H19F3N4O2/c1-2-16-17-12(9-25-10-14(27)11-25)7-8-23-18(17)26(24-16)13-3-5-15(6-4-13)28-19(20,21)22/h3-8,14,27H,2,9-11H2,1H3. The number of hydrogen-bond acceptors (Lipinski definition) is 5. The van der Waals surface area contributed by atoms with Crippen molar-refractivity contribution >= 4 is 11.0 Å². The van der Waals surface area contributed by atoms with Gasteiger partial charge in [-0.05, 0) is 42.3 Å². The summed E-state index contributed by atoms with van der Waals surface area (Å²) in [6.07, 6.45) is -2.61. The maximum atomic E-state index is 12.4. The predicted molar refractivity (Wildman–Crippen MR) is 96.2 cm³/mol. The normalized spacial score (nSPS) is 15.8. The highest BCUT2D eigenvalue weighted by Crippen LogP contribution is 2.28. The van der Waals surface area contributed by atoms with Gasteiger partial charge in [0.05, 0.1) is 17.5 Å². The predicted octanol–water partition coefficient (Wildman–Crippen LogP) is 3.06. The molecule has 6 nitrogen and oxygen atoms in total. The van der Waals surface area contributed by atoms with Gasteiger partial charge in [0.15, 0.2) is 5.65 Å². The molecule has 9 heteroatoms. The van der Waals surface area contributed by atoms with Crippen LogP contribution in [0.25, 0.3) is 16.7 Å². The number of alkyl halides is 3. The minimum atomic E-state index is -4.73. The van der Waals surface area contributed by atoms with E-state index in [2.05, 4.69) is 19.7 Å². The van der Waals surface area contributed by atoms with Crippen LogP contribution in [0.2, 0.25) is 0 Å². The third-order valence-electron chi connectivity index (χ3n) is 4.71. The number of aryl methyl sites for hydroxylation is 1. The van der Waals surface area contributed by atoms with Gasteiger partial charge in [0.1, 0.15) is 5.75 Å². The number of halogens is 3. The molecule has 0 amide bonds. The van der Waals surface area contributed by atoms with Gasteiger partial charge in [-0.15, -0.1) is 13.2 Å². The number of hydrogen-bond donors (Lipinski definition) is 1. The number of rotatable bonds is 5. The van der Waals surface area contributed by atoms with E-state index in [0.717, 1.165) is 16.6 Å². The molecule has 1 aromatic carbocycles. The first-order valence-corrected chi connectivity index (χ1v) is 8.96. The van der Waals surface area contributed by atoms with Crippen LogP contribution in [0.3, 0.4) is 0 Å². The monoisotopic (exact) mass is 392 g/mol. The third kappa shape index (κ3) is 3.67. The number of likely N-dealkylation sites (tertiary alicyclic amines) is 1. The van der Waals surface area contributed by atoms with Gasteiger partial charge >= 0.3 is 6.36 Å². The lowest BCUT2D eigenvalue weighted by molar-refractivity contribution is -0.274. The van der Waals surface area contributed by atoms with E-state index in [1.165, 1.54) is 24.3 Å². The van der Waals surface area contributed by atoms with E-state index in [0.29, 0.717) is 37.4 Å². The molecule has 1 N–H and O–H groups in total. The van der Waals surface area contributed by atoms with Gasteiger partial charge in [0, 0.05) is 31.2 Å². The SMILES string of the molecule is CCc1nn(-c2ccc(OC(F)(F)F)cc2)c2nccc(CN3CC(O)C3)c12. The van der Waals surface area contributed by atoms with Crippen LogP contribution in [0.15, 0.2) is 36.5 Å². The second-order valence-electron chi connectivity index (χ2n) is 6.77. The Bertz CT molecular complexity index is 979. The van der Waals surface area contributed by atoms with Crippen molar-refractivity contribution in [3.8, 4) is 11.4 Å². The molecule has 1 fully saturated rings. The van der Waals surface area contributed by atoms with E-state index in [9.17, 15) is 18.3 Å². The number of pyridine rings is 1. The Hall–Kier alpha value is -2.65. The van der Waals surface area contributed by atoms with Crippen LogP contribution in [-0.2, 0) is 13.0 Å². The topological polar surface area (TPSA) is 63.4 Å². The Morgan fingerprint density at radius 2 is 1.89 bits per heavy atom. The van der Waals surface area contributed by atoms with E-state index < -0.39 is 6.36 Å². The average Bonchev–Trinajstić information content (AvgIpc) is 2.99. The van der Waals surface area contributed by atoms with Gasteiger partial charge in [-0.3, -0.25) is 4.90 Å². The smallest absolute Gasteiger partial charge is 0.406 e. The summed E-state index contributed by atoms with van der Waals surface area (Å²) in [5.41, 5.74) is 3.19. The third-order valence-corrected chi connectivity index (χ3v) is 4.71. The molecule has 0 spiro atoms. The highest BCUT2D eigenvalue weighted by atomic mass is 19.4. The Labute approximate surface area is 159 Å². The van der Waals surface area contributed by atoms with E-state index in [4.69, 9.17) is 0 Å². The van der Waals surface area contributed by atoms with Gasteiger partial charge < -0.3 is 9.84 Å². The molecular formula is C19H19F3N4O2. The van der Waals surface area contributed by atoms with Crippen molar-refractivity contribution in [2.75, 3.05) is 13.1 Å². The molecule has 0 radical (unpaired) electrons. The molecule has 0 aliphatic carbocycles. The fraction of sp³-hybridized carbons (Fsp3) is 0.368. The highest BCUT2D eigenvalue weighted by Gasteiger charge is 2.31. The summed E-state index contributed by atoms with van der Waals surface area (Å²) in [4.78, 5) is 6.59. The van der Waals surface area contributed by atoms with Crippen LogP contribution in [-0.4, -0.2) is 50.3 Å². The molecular weight excluding hydrogens is 373 g/mol. The Kier molecular flexibility index (Phi) is 4.72. The zero-order chi connectivity index (χ0) is 19.9. The highest BCUT2D eigenvalue weighted by molar-refractivity contribution is 5.83. The Morgan fingerprint density at radius 3 is 2.50 bits per heavy atom. The van der Waals surface area contributed by atoms with E-state index in [1.807, 2.05) is 13.0 Å². The summed E-state index contributed by atoms with van der Waals surface area (Å²) in [7, 11) is 0. The molecule has 0 bridgehead atoms. The number of ether oxygens (including phenoxy) is 1. The fourth-order valence-electron chi connectivity index (χ4n) is 3.44. The van der Waals surface area contributed by atoms with Crippen LogP contribution >= 0.6 is 0 Å². The first-order valence-electron chi connectivity index (χ1n) is 8.96. The van der Waals surface area contributed by atoms with Gasteiger partial charge in [-0.25, -0.2) is 9.67 Å². The van der Waals surface area contributed by atoms with Crippen LogP contribution in [0, 0.1) is 0 Å². The van der Waals surface area contributed by atoms with Crippen molar-refractivity contribution in [1.29, 1.82) is 0 Å². The zero-order valence-electron chi connectivity index (χ0n) is 15.1. The molecule has 2 aromatic heterocycles. The Balaban J connectivity index is 1.70. The quantitative estimate of drug-likeness (QED) is 0.723. The summed E-state index contributed by atoms with van der Waals surface area (Å²) in [6, 6.07) is 7.50. The minimum Gasteiger partial charge on any atom is -0.406 e.